The van der Waals surface area contributed by atoms with E-state index < -0.39 is 5.97 Å². The number of H-pyrrole nitrogens is 1. The quantitative estimate of drug-likeness (QED) is 0.138. The highest BCUT2D eigenvalue weighted by atomic mass is 35.5. The number of oxazole rings is 1. The average Bonchev–Trinajstić information content (AvgIpc) is 1.69. The predicted octanol–water partition coefficient (Wildman–Crippen LogP) is 12.9. The summed E-state index contributed by atoms with van der Waals surface area (Å²) in [6, 6.07) is 42.6. The molecule has 0 unspecified atom stereocenters. The first kappa shape index (κ1) is 90.3. The van der Waals surface area contributed by atoms with Gasteiger partial charge in [0.05, 0.1) is 39.5 Å². The number of aliphatic hydroxyl groups excluding tert-OH is 1. The molecule has 562 valence electrons. The van der Waals surface area contributed by atoms with Crippen LogP contribution in [0.1, 0.15) is 98.6 Å². The van der Waals surface area contributed by atoms with Crippen molar-refractivity contribution >= 4 is 73.2 Å². The van der Waals surface area contributed by atoms with Gasteiger partial charge in [-0.05, 0) is 139 Å². The molecule has 15 aromatic rings. The fourth-order valence-corrected chi connectivity index (χ4v) is 8.48. The van der Waals surface area contributed by atoms with Gasteiger partial charge in [-0.3, -0.25) is 0 Å². The number of ether oxygens (including phenoxy) is 1. The minimum absolute atomic E-state index is 0.250. The van der Waals surface area contributed by atoms with E-state index in [2.05, 4.69) is 127 Å². The Balaban J connectivity index is 0.000000393. The number of aromatic nitrogens is 24. The van der Waals surface area contributed by atoms with Gasteiger partial charge in [0, 0.05) is 93.1 Å². The van der Waals surface area contributed by atoms with Crippen LogP contribution in [-0.4, -0.2) is 153 Å². The molecule has 5 aromatic carbocycles. The van der Waals surface area contributed by atoms with E-state index in [9.17, 15) is 4.79 Å². The highest BCUT2D eigenvalue weighted by molar-refractivity contribution is 7.18. The van der Waals surface area contributed by atoms with E-state index in [1.165, 1.54) is 38.8 Å². The maximum Gasteiger partial charge on any atom is 0.347 e. The van der Waals surface area contributed by atoms with Gasteiger partial charge in [0.1, 0.15) is 23.3 Å². The lowest BCUT2D eigenvalue weighted by molar-refractivity contribution is -0.898. The number of halogens is 2. The second-order valence-electron chi connectivity index (χ2n) is 20.3. The second kappa shape index (κ2) is 52.2. The smallest absolute Gasteiger partial charge is 0.347 e. The van der Waals surface area contributed by atoms with Crippen LogP contribution in [0.25, 0.3) is 44.2 Å². The van der Waals surface area contributed by atoms with Crippen molar-refractivity contribution in [2.45, 2.75) is 104 Å². The minimum atomic E-state index is -0.902. The Kier molecular flexibility index (Phi) is 44.5. The number of hydrogen-bond donors (Lipinski definition) is 3. The van der Waals surface area contributed by atoms with Crippen molar-refractivity contribution in [2.75, 3.05) is 20.3 Å². The highest BCUT2D eigenvalue weighted by Crippen LogP contribution is 2.21. The molecular weight excluding hydrogens is 1450 g/mol. The van der Waals surface area contributed by atoms with Gasteiger partial charge < -0.3 is 32.9 Å². The van der Waals surface area contributed by atoms with Crippen LogP contribution in [0.4, 0.5) is 0 Å². The molecule has 10 heterocycles. The van der Waals surface area contributed by atoms with Crippen molar-refractivity contribution in [1.29, 1.82) is 5.26 Å². The van der Waals surface area contributed by atoms with Gasteiger partial charge in [0.25, 0.3) is 5.89 Å². The lowest BCUT2D eigenvalue weighted by Gasteiger charge is -1.94. The lowest BCUT2D eigenvalue weighted by atomic mass is 10.2. The Bertz CT molecular complexity index is 4430. The van der Waals surface area contributed by atoms with Gasteiger partial charge >= 0.3 is 11.8 Å². The molecule has 0 amide bonds. The number of carboxylic acids is 1. The molecule has 0 fully saturated rings. The lowest BCUT2D eigenvalue weighted by Crippen LogP contribution is -2.28. The van der Waals surface area contributed by atoms with E-state index in [0.717, 1.165) is 66.7 Å². The fourth-order valence-electron chi connectivity index (χ4n) is 6.63. The third-order valence-electron chi connectivity index (χ3n) is 11.3. The van der Waals surface area contributed by atoms with Crippen LogP contribution >= 0.6 is 45.9 Å². The molecule has 0 aliphatic heterocycles. The van der Waals surface area contributed by atoms with Crippen LogP contribution in [0.15, 0.2) is 156 Å². The van der Waals surface area contributed by atoms with E-state index in [4.69, 9.17) is 52.1 Å². The molecule has 0 aliphatic rings. The number of fused-ring (bicyclic) bond motifs is 2. The van der Waals surface area contributed by atoms with Crippen molar-refractivity contribution in [3.8, 4) is 28.9 Å². The molecule has 10 aromatic heterocycles. The third-order valence-corrected chi connectivity index (χ3v) is 13.8. The molecule has 0 radical (unpaired) electrons. The third kappa shape index (κ3) is 39.6. The van der Waals surface area contributed by atoms with Crippen LogP contribution < -0.4 is 4.85 Å². The zero-order chi connectivity index (χ0) is 78.8. The number of aromatic carboxylic acids is 1. The van der Waals surface area contributed by atoms with Crippen molar-refractivity contribution < 1.29 is 47.2 Å². The maximum atomic E-state index is 10.2. The van der Waals surface area contributed by atoms with Crippen LogP contribution in [-0.2, 0) is 25.9 Å². The highest BCUT2D eigenvalue weighted by Gasteiger charge is 2.07. The summed E-state index contributed by atoms with van der Waals surface area (Å²) in [5.74, 6) is 6.49. The first-order chi connectivity index (χ1) is 50.6. The number of para-hydroxylation sites is 3. The minimum Gasteiger partial charge on any atom is -0.477 e. The number of nitrogens with one attached hydrogen (secondary N) is 1. The van der Waals surface area contributed by atoms with Crippen molar-refractivity contribution in [2.24, 2.45) is 21.1 Å². The monoisotopic (exact) mass is 1530 g/mol. The number of nitriles is 1. The summed E-state index contributed by atoms with van der Waals surface area (Å²) in [6.45, 7) is 28.0. The second-order valence-corrected chi connectivity index (χ2v) is 23.6. The summed E-state index contributed by atoms with van der Waals surface area (Å²) in [5, 5.41) is 79.2. The molecule has 0 aliphatic carbocycles. The summed E-state index contributed by atoms with van der Waals surface area (Å²) in [7, 11) is 6.90. The summed E-state index contributed by atoms with van der Waals surface area (Å²) >= 11 is 14.3. The SMILES string of the molecule is CC#N.CCO.CCOC.Cc1ccc(Cl)cc1Cl.Cc1nc(-c2ccccc2)no1.Cc1nc2ccccc2o1.Cc1nc2ccccc2s1.Cc1ncc(C(=O)O)s1.Cc1nn[nH]n1.Cc1nnn(C)n1.Cc1nnnn1C.Cc1no[n+](C)n1.Cc1noc(-c2ccccc2)n1.Cc1noc(C)n1. The van der Waals surface area contributed by atoms with E-state index in [-0.39, 0.29) is 6.61 Å². The van der Waals surface area contributed by atoms with E-state index in [1.807, 2.05) is 150 Å². The number of methoxy groups -OCH3 is 1. The van der Waals surface area contributed by atoms with Gasteiger partial charge in [-0.1, -0.05) is 127 Å². The summed E-state index contributed by atoms with van der Waals surface area (Å²) < 4.78 is 31.7. The molecular formula is C68H86Cl2N25O9S2+. The van der Waals surface area contributed by atoms with Crippen molar-refractivity contribution in [3.63, 3.8) is 0 Å². The average molecular weight is 1530 g/mol. The van der Waals surface area contributed by atoms with Crippen LogP contribution in [0.3, 0.4) is 0 Å². The number of benzene rings is 5. The number of aliphatic hydroxyl groups is 1. The van der Waals surface area contributed by atoms with Gasteiger partial charge in [0.2, 0.25) is 17.6 Å². The van der Waals surface area contributed by atoms with Gasteiger partial charge in [0.15, 0.2) is 39.9 Å². The first-order valence-corrected chi connectivity index (χ1v) is 33.9. The standard InChI is InChI=1S/2C9H8N2O.C8H7NO.C8H7NS.C7H6Cl2.C5H5NO2S.C4H6N2O.2C3H6N4.C3H6N3O.C3H8O.C2H4N4.C2H3N.C2H6O/c1-7-10-9(11-12-7)8-5-3-2-4-6-8;1-7-10-9(12-11-7)8-5-3-2-4-6-8;2*1-6-9-7-4-2-3-5-8(7)10-6;1-5-2-3-6(8)4-7(5)9;1-3-6-2-4(9-3)5(7)8;1-3-5-4(2)7-6-3;1-3-4-5-6-7(3)2;1-3-4-6-7(2)5-3;1-3-4-6(2)7-5-3;1-3-4-2;1-2-3-5-6-4-2;2*1-2-3/h2*2-6H,1H3;2*2-5H,1H3;2-4H,1H3;2H,1H3,(H,7,8);4*1-2H3;3H2,1-2H3;1H3,(H,3,4,5,6);1H3;3H,2H2,1H3/q;;;;;;;;;+1;;;;. The number of carbonyl (C=O) groups is 1. The molecule has 0 saturated carbocycles. The Hall–Kier alpha value is -11.8. The Morgan fingerprint density at radius 1 is 0.651 bits per heavy atom. The van der Waals surface area contributed by atoms with Gasteiger partial charge in [-0.25, -0.2) is 24.4 Å². The fraction of sp³-hybridized carbons (Fsp3) is 0.309. The molecule has 3 N–H and O–H groups in total. The number of aromatic amines is 1. The number of carboxylic acid groups (broad SMARTS) is 1. The molecule has 0 spiro atoms. The van der Waals surface area contributed by atoms with Crippen molar-refractivity contribution in [3.05, 3.63) is 217 Å². The van der Waals surface area contributed by atoms with E-state index in [0.29, 0.717) is 62.5 Å². The number of rotatable bonds is 4. The molecule has 38 heteroatoms. The van der Waals surface area contributed by atoms with Crippen LogP contribution in [0, 0.1) is 94.4 Å². The number of nitrogens with zero attached hydrogens (tertiary/aromatic N) is 24. The molecule has 34 nitrogen and oxygen atoms in total. The summed E-state index contributed by atoms with van der Waals surface area (Å²) in [4.78, 5) is 37.5. The number of thiazole rings is 2. The van der Waals surface area contributed by atoms with Gasteiger partial charge in [-0.2, -0.15) is 30.2 Å². The van der Waals surface area contributed by atoms with Crippen molar-refractivity contribution in [1.82, 2.24) is 117 Å². The summed E-state index contributed by atoms with van der Waals surface area (Å²) in [6.07, 6.45) is 1.36. The van der Waals surface area contributed by atoms with Gasteiger partial charge in [-0.15, -0.1) is 48.2 Å². The van der Waals surface area contributed by atoms with E-state index in [1.54, 1.807) is 119 Å². The largest absolute Gasteiger partial charge is 0.477 e. The Morgan fingerprint density at radius 2 is 1.24 bits per heavy atom. The van der Waals surface area contributed by atoms with Crippen LogP contribution in [0.5, 0.6) is 0 Å². The zero-order valence-corrected chi connectivity index (χ0v) is 65.3. The first-order valence-electron chi connectivity index (χ1n) is 31.5. The van der Waals surface area contributed by atoms with Crippen LogP contribution in [0.2, 0.25) is 10.0 Å². The summed E-state index contributed by atoms with van der Waals surface area (Å²) in [5.41, 5.74) is 5.90. The Morgan fingerprint density at radius 3 is 1.59 bits per heavy atom. The molecule has 0 atom stereocenters. The predicted molar refractivity (Wildman–Crippen MR) is 399 cm³/mol. The number of hydrogen-bond acceptors (Lipinski definition) is 31. The normalized spacial score (nSPS) is 9.41. The molecule has 0 saturated heterocycles. The maximum absolute atomic E-state index is 10.2. The van der Waals surface area contributed by atoms with E-state index >= 15 is 0 Å². The zero-order valence-electron chi connectivity index (χ0n) is 62.2. The molecule has 106 heavy (non-hydrogen) atoms. The Labute approximate surface area is 629 Å². The number of tetrazole rings is 3. The topological polar surface area (TPSA) is 444 Å². The number of aryl methyl sites for hydroxylation is 15. The molecule has 15 rings (SSSR count). The molecule has 0 bridgehead atoms.